The van der Waals surface area contributed by atoms with Gasteiger partial charge in [-0.05, 0) is 51.6 Å². The molecule has 0 aromatic rings. The van der Waals surface area contributed by atoms with Gasteiger partial charge in [0, 0.05) is 32.3 Å². The van der Waals surface area contributed by atoms with E-state index in [0.717, 1.165) is 18.7 Å². The van der Waals surface area contributed by atoms with Gasteiger partial charge in [0.2, 0.25) is 0 Å². The Morgan fingerprint density at radius 3 is 2.88 bits per heavy atom. The molecule has 0 spiro atoms. The fraction of sp³-hybridized carbons (Fsp3) is 1.00. The van der Waals surface area contributed by atoms with Crippen LogP contribution in [0, 0.1) is 0 Å². The molecule has 2 rings (SSSR count). The topological polar surface area (TPSA) is 24.5 Å². The highest BCUT2D eigenvalue weighted by Gasteiger charge is 2.27. The maximum atomic E-state index is 5.09. The monoisotopic (exact) mass is 226 g/mol. The van der Waals surface area contributed by atoms with Gasteiger partial charge in [-0.25, -0.2) is 0 Å². The molecule has 1 atom stereocenters. The van der Waals surface area contributed by atoms with Crippen molar-refractivity contribution in [2.75, 3.05) is 33.4 Å². The largest absolute Gasteiger partial charge is 0.385 e. The van der Waals surface area contributed by atoms with Crippen molar-refractivity contribution in [3.05, 3.63) is 0 Å². The Morgan fingerprint density at radius 2 is 2.12 bits per heavy atom. The van der Waals surface area contributed by atoms with E-state index in [1.807, 2.05) is 0 Å². The van der Waals surface area contributed by atoms with Crippen molar-refractivity contribution in [3.8, 4) is 0 Å². The third-order valence-electron chi connectivity index (χ3n) is 3.76. The Hall–Kier alpha value is -0.120. The van der Waals surface area contributed by atoms with Crippen LogP contribution in [0.2, 0.25) is 0 Å². The molecule has 16 heavy (non-hydrogen) atoms. The molecule has 1 saturated heterocycles. The molecular formula is C13H26N2O. The molecule has 1 heterocycles. The second-order valence-electron chi connectivity index (χ2n) is 5.21. The Balaban J connectivity index is 1.58. The fourth-order valence-electron chi connectivity index (χ4n) is 2.57. The molecule has 0 aromatic heterocycles. The number of nitrogens with one attached hydrogen (secondary N) is 1. The van der Waals surface area contributed by atoms with Crippen molar-refractivity contribution in [2.24, 2.45) is 0 Å². The number of likely N-dealkylation sites (tertiary alicyclic amines) is 1. The first-order valence-electron chi connectivity index (χ1n) is 6.86. The predicted octanol–water partition coefficient (Wildman–Crippen LogP) is 1.63. The molecule has 94 valence electrons. The molecular weight excluding hydrogens is 200 g/mol. The molecule has 1 N–H and O–H groups in total. The van der Waals surface area contributed by atoms with Crippen LogP contribution in [0.3, 0.4) is 0 Å². The summed E-state index contributed by atoms with van der Waals surface area (Å²) in [4.78, 5) is 2.67. The van der Waals surface area contributed by atoms with E-state index >= 15 is 0 Å². The van der Waals surface area contributed by atoms with Gasteiger partial charge in [-0.2, -0.15) is 0 Å². The number of hydrogen-bond donors (Lipinski definition) is 1. The zero-order valence-corrected chi connectivity index (χ0v) is 10.6. The van der Waals surface area contributed by atoms with E-state index < -0.39 is 0 Å². The second-order valence-corrected chi connectivity index (χ2v) is 5.21. The third kappa shape index (κ3) is 4.04. The van der Waals surface area contributed by atoms with Gasteiger partial charge in [0.05, 0.1) is 0 Å². The first-order chi connectivity index (χ1) is 7.90. The molecule has 3 heteroatoms. The number of rotatable bonds is 8. The van der Waals surface area contributed by atoms with Crippen molar-refractivity contribution >= 4 is 0 Å². The van der Waals surface area contributed by atoms with Crippen LogP contribution in [0.5, 0.6) is 0 Å². The lowest BCUT2D eigenvalue weighted by atomic mass is 10.2. The molecule has 1 aliphatic heterocycles. The van der Waals surface area contributed by atoms with E-state index in [0.29, 0.717) is 0 Å². The number of unbranched alkanes of at least 4 members (excludes halogenated alkanes) is 1. The SMILES string of the molecule is COCCCCN1CCCC1CNC1CC1. The lowest BCUT2D eigenvalue weighted by Gasteiger charge is -2.24. The molecule has 0 amide bonds. The van der Waals surface area contributed by atoms with Crippen LogP contribution in [-0.2, 0) is 4.74 Å². The number of methoxy groups -OCH3 is 1. The van der Waals surface area contributed by atoms with Crippen LogP contribution < -0.4 is 5.32 Å². The van der Waals surface area contributed by atoms with Gasteiger partial charge in [-0.3, -0.25) is 4.90 Å². The van der Waals surface area contributed by atoms with Crippen molar-refractivity contribution in [2.45, 2.75) is 50.6 Å². The second kappa shape index (κ2) is 6.58. The molecule has 1 unspecified atom stereocenters. The quantitative estimate of drug-likeness (QED) is 0.637. The van der Waals surface area contributed by atoms with E-state index in [1.54, 1.807) is 7.11 Å². The van der Waals surface area contributed by atoms with Gasteiger partial charge in [0.15, 0.2) is 0 Å². The molecule has 0 bridgehead atoms. The first kappa shape index (κ1) is 12.3. The summed E-state index contributed by atoms with van der Waals surface area (Å²) < 4.78 is 5.09. The lowest BCUT2D eigenvalue weighted by molar-refractivity contribution is 0.180. The fourth-order valence-corrected chi connectivity index (χ4v) is 2.57. The number of hydrogen-bond acceptors (Lipinski definition) is 3. The van der Waals surface area contributed by atoms with E-state index in [9.17, 15) is 0 Å². The molecule has 2 aliphatic rings. The highest BCUT2D eigenvalue weighted by molar-refractivity contribution is 4.86. The highest BCUT2D eigenvalue weighted by atomic mass is 16.5. The van der Waals surface area contributed by atoms with E-state index in [1.165, 1.54) is 58.2 Å². The zero-order valence-electron chi connectivity index (χ0n) is 10.6. The summed E-state index contributed by atoms with van der Waals surface area (Å²) in [7, 11) is 1.79. The Bertz CT molecular complexity index is 194. The van der Waals surface area contributed by atoms with Crippen molar-refractivity contribution in [1.29, 1.82) is 0 Å². The average molecular weight is 226 g/mol. The minimum atomic E-state index is 0.808. The smallest absolute Gasteiger partial charge is 0.0462 e. The Kier molecular flexibility index (Phi) is 5.07. The minimum absolute atomic E-state index is 0.808. The van der Waals surface area contributed by atoms with Gasteiger partial charge < -0.3 is 10.1 Å². The number of nitrogens with zero attached hydrogens (tertiary/aromatic N) is 1. The maximum absolute atomic E-state index is 5.09. The summed E-state index contributed by atoms with van der Waals surface area (Å²) in [6.45, 7) is 4.71. The standard InChI is InChI=1S/C13H26N2O/c1-16-10-3-2-8-15-9-4-5-13(15)11-14-12-6-7-12/h12-14H,2-11H2,1H3. The molecule has 1 saturated carbocycles. The average Bonchev–Trinajstić information content (AvgIpc) is 3.02. The third-order valence-corrected chi connectivity index (χ3v) is 3.76. The van der Waals surface area contributed by atoms with E-state index in [4.69, 9.17) is 4.74 Å². The van der Waals surface area contributed by atoms with Crippen LogP contribution in [0.25, 0.3) is 0 Å². The molecule has 2 fully saturated rings. The summed E-state index contributed by atoms with van der Waals surface area (Å²) in [5.74, 6) is 0. The van der Waals surface area contributed by atoms with E-state index in [2.05, 4.69) is 10.2 Å². The summed E-state index contributed by atoms with van der Waals surface area (Å²) in [6.07, 6.45) is 8.08. The van der Waals surface area contributed by atoms with Gasteiger partial charge in [0.1, 0.15) is 0 Å². The van der Waals surface area contributed by atoms with E-state index in [-0.39, 0.29) is 0 Å². The van der Waals surface area contributed by atoms with Crippen LogP contribution in [0.15, 0.2) is 0 Å². The zero-order chi connectivity index (χ0) is 11.2. The summed E-state index contributed by atoms with van der Waals surface area (Å²) in [5.41, 5.74) is 0. The van der Waals surface area contributed by atoms with Gasteiger partial charge in [0.25, 0.3) is 0 Å². The van der Waals surface area contributed by atoms with Gasteiger partial charge in [-0.15, -0.1) is 0 Å². The van der Waals surface area contributed by atoms with Crippen LogP contribution in [0.1, 0.15) is 38.5 Å². The van der Waals surface area contributed by atoms with Crippen molar-refractivity contribution in [1.82, 2.24) is 10.2 Å². The Morgan fingerprint density at radius 1 is 1.25 bits per heavy atom. The maximum Gasteiger partial charge on any atom is 0.0462 e. The van der Waals surface area contributed by atoms with Crippen LogP contribution >= 0.6 is 0 Å². The number of ether oxygens (including phenoxy) is 1. The molecule has 0 aromatic carbocycles. The molecule has 0 radical (unpaired) electrons. The predicted molar refractivity (Wildman–Crippen MR) is 66.7 cm³/mol. The first-order valence-corrected chi connectivity index (χ1v) is 6.86. The van der Waals surface area contributed by atoms with Gasteiger partial charge >= 0.3 is 0 Å². The lowest BCUT2D eigenvalue weighted by Crippen LogP contribution is -2.39. The molecule has 3 nitrogen and oxygen atoms in total. The molecule has 1 aliphatic carbocycles. The summed E-state index contributed by atoms with van der Waals surface area (Å²) in [6, 6.07) is 1.67. The minimum Gasteiger partial charge on any atom is -0.385 e. The van der Waals surface area contributed by atoms with Gasteiger partial charge in [-0.1, -0.05) is 0 Å². The van der Waals surface area contributed by atoms with Crippen LogP contribution in [-0.4, -0.2) is 50.3 Å². The van der Waals surface area contributed by atoms with Crippen molar-refractivity contribution < 1.29 is 4.74 Å². The normalized spacial score (nSPS) is 26.4. The summed E-state index contributed by atoms with van der Waals surface area (Å²) >= 11 is 0. The van der Waals surface area contributed by atoms with Crippen molar-refractivity contribution in [3.63, 3.8) is 0 Å². The van der Waals surface area contributed by atoms with Crippen LogP contribution in [0.4, 0.5) is 0 Å². The Labute approximate surface area is 99.5 Å². The highest BCUT2D eigenvalue weighted by Crippen LogP contribution is 2.21. The summed E-state index contributed by atoms with van der Waals surface area (Å²) in [5, 5.41) is 3.66.